The number of rotatable bonds is 2. The number of nitriles is 1. The second-order valence-corrected chi connectivity index (χ2v) is 6.33. The van der Waals surface area contributed by atoms with Gasteiger partial charge >= 0.3 is 0 Å². The van der Waals surface area contributed by atoms with Crippen molar-refractivity contribution < 1.29 is 8.78 Å². The monoisotopic (exact) mass is 343 g/mol. The Morgan fingerprint density at radius 2 is 1.58 bits per heavy atom. The minimum Gasteiger partial charge on any atom is -0.206 e. The summed E-state index contributed by atoms with van der Waals surface area (Å²) in [6.45, 7) is 2.10. The van der Waals surface area contributed by atoms with E-state index >= 15 is 0 Å². The second kappa shape index (κ2) is 6.24. The van der Waals surface area contributed by atoms with E-state index in [1.54, 1.807) is 18.2 Å². The van der Waals surface area contributed by atoms with Gasteiger partial charge in [-0.15, -0.1) is 0 Å². The van der Waals surface area contributed by atoms with Crippen molar-refractivity contribution >= 4 is 21.5 Å². The molecule has 0 spiro atoms. The molecule has 0 aliphatic carbocycles. The van der Waals surface area contributed by atoms with E-state index in [0.717, 1.165) is 28.0 Å². The molecule has 4 aromatic rings. The highest BCUT2D eigenvalue weighted by Gasteiger charge is 2.12. The summed E-state index contributed by atoms with van der Waals surface area (Å²) in [4.78, 5) is 0. The zero-order valence-electron chi connectivity index (χ0n) is 14.2. The van der Waals surface area contributed by atoms with Crippen molar-refractivity contribution in [1.82, 2.24) is 0 Å². The highest BCUT2D eigenvalue weighted by molar-refractivity contribution is 6.08. The van der Waals surface area contributed by atoms with E-state index in [4.69, 9.17) is 5.26 Å². The minimum absolute atomic E-state index is 0.0485. The zero-order valence-corrected chi connectivity index (χ0v) is 14.2. The topological polar surface area (TPSA) is 23.8 Å². The number of halogens is 2. The van der Waals surface area contributed by atoms with Crippen LogP contribution in [0.2, 0.25) is 0 Å². The molecule has 126 valence electrons. The molecule has 0 unspecified atom stereocenters. The average Bonchev–Trinajstić information content (AvgIpc) is 2.66. The zero-order chi connectivity index (χ0) is 18.3. The SMILES string of the molecule is CCc1ccc2c(ccc3cc(-c4ccc(C#N)c(F)c4)c(F)cc32)c1. The van der Waals surface area contributed by atoms with Gasteiger partial charge in [0.1, 0.15) is 17.7 Å². The molecule has 3 heteroatoms. The van der Waals surface area contributed by atoms with Crippen LogP contribution in [0.1, 0.15) is 18.1 Å². The Hall–Kier alpha value is -3.25. The summed E-state index contributed by atoms with van der Waals surface area (Å²) in [5.74, 6) is -1.05. The van der Waals surface area contributed by atoms with E-state index in [1.165, 1.54) is 23.8 Å². The predicted molar refractivity (Wildman–Crippen MR) is 101 cm³/mol. The Bertz CT molecular complexity index is 1200. The molecular weight excluding hydrogens is 328 g/mol. The summed E-state index contributed by atoms with van der Waals surface area (Å²) in [7, 11) is 0. The van der Waals surface area contributed by atoms with Gasteiger partial charge in [0.2, 0.25) is 0 Å². The largest absolute Gasteiger partial charge is 0.206 e. The Balaban J connectivity index is 1.93. The van der Waals surface area contributed by atoms with Crippen LogP contribution in [0.15, 0.2) is 60.7 Å². The van der Waals surface area contributed by atoms with Crippen molar-refractivity contribution in [3.63, 3.8) is 0 Å². The Morgan fingerprint density at radius 3 is 2.27 bits per heavy atom. The first-order valence-corrected chi connectivity index (χ1v) is 8.45. The number of aryl methyl sites for hydroxylation is 1. The fourth-order valence-electron chi connectivity index (χ4n) is 3.35. The van der Waals surface area contributed by atoms with Crippen molar-refractivity contribution in [2.75, 3.05) is 0 Å². The van der Waals surface area contributed by atoms with Gasteiger partial charge in [0.05, 0.1) is 5.56 Å². The van der Waals surface area contributed by atoms with Gasteiger partial charge in [-0.05, 0) is 63.4 Å². The third kappa shape index (κ3) is 2.60. The second-order valence-electron chi connectivity index (χ2n) is 6.33. The molecule has 26 heavy (non-hydrogen) atoms. The Kier molecular flexibility index (Phi) is 3.89. The van der Waals surface area contributed by atoms with Crippen LogP contribution in [-0.2, 0) is 6.42 Å². The molecule has 4 rings (SSSR count). The van der Waals surface area contributed by atoms with Crippen molar-refractivity contribution in [3.8, 4) is 17.2 Å². The van der Waals surface area contributed by atoms with E-state index in [-0.39, 0.29) is 5.56 Å². The Labute approximate surface area is 150 Å². The molecule has 0 heterocycles. The van der Waals surface area contributed by atoms with Crippen molar-refractivity contribution in [2.24, 2.45) is 0 Å². The number of hydrogen-bond donors (Lipinski definition) is 0. The molecule has 4 aromatic carbocycles. The van der Waals surface area contributed by atoms with Crippen LogP contribution in [0.3, 0.4) is 0 Å². The van der Waals surface area contributed by atoms with Gasteiger partial charge in [0, 0.05) is 5.56 Å². The van der Waals surface area contributed by atoms with Crippen LogP contribution in [0.25, 0.3) is 32.7 Å². The number of fused-ring (bicyclic) bond motifs is 3. The lowest BCUT2D eigenvalue weighted by molar-refractivity contribution is 0.622. The van der Waals surface area contributed by atoms with Crippen LogP contribution in [0.5, 0.6) is 0 Å². The molecule has 0 N–H and O–H groups in total. The molecule has 0 saturated carbocycles. The van der Waals surface area contributed by atoms with Crippen molar-refractivity contribution in [1.29, 1.82) is 5.26 Å². The maximum absolute atomic E-state index is 14.8. The number of benzene rings is 4. The molecule has 0 bridgehead atoms. The molecule has 1 nitrogen and oxygen atoms in total. The first-order valence-electron chi connectivity index (χ1n) is 8.45. The van der Waals surface area contributed by atoms with E-state index < -0.39 is 11.6 Å². The standard InChI is InChI=1S/C23H15F2N/c1-2-14-3-8-19-15(9-14)4-5-16-10-21(23(25)12-20(16)19)17-6-7-18(13-26)22(24)11-17/h3-12H,2H2,1H3. The average molecular weight is 343 g/mol. The predicted octanol–water partition coefficient (Wildman–Crippen LogP) is 6.37. The lowest BCUT2D eigenvalue weighted by atomic mass is 9.95. The minimum atomic E-state index is -0.643. The van der Waals surface area contributed by atoms with Gasteiger partial charge in [-0.1, -0.05) is 43.3 Å². The Morgan fingerprint density at radius 1 is 0.808 bits per heavy atom. The van der Waals surface area contributed by atoms with Gasteiger partial charge in [-0.2, -0.15) is 5.26 Å². The summed E-state index contributed by atoms with van der Waals surface area (Å²) in [5.41, 5.74) is 1.93. The summed E-state index contributed by atoms with van der Waals surface area (Å²) in [5, 5.41) is 12.6. The molecule has 0 atom stereocenters. The normalized spacial score (nSPS) is 11.0. The van der Waals surface area contributed by atoms with Gasteiger partial charge in [-0.3, -0.25) is 0 Å². The maximum atomic E-state index is 14.8. The first kappa shape index (κ1) is 16.2. The molecule has 0 aromatic heterocycles. The summed E-state index contributed by atoms with van der Waals surface area (Å²) >= 11 is 0. The first-order chi connectivity index (χ1) is 12.6. The van der Waals surface area contributed by atoms with Crippen LogP contribution in [0, 0.1) is 23.0 Å². The van der Waals surface area contributed by atoms with Crippen LogP contribution < -0.4 is 0 Å². The number of nitrogens with zero attached hydrogens (tertiary/aromatic N) is 1. The van der Waals surface area contributed by atoms with Gasteiger partial charge in [-0.25, -0.2) is 8.78 Å². The third-order valence-electron chi connectivity index (χ3n) is 4.80. The quantitative estimate of drug-likeness (QED) is 0.388. The fourth-order valence-corrected chi connectivity index (χ4v) is 3.35. The van der Waals surface area contributed by atoms with E-state index in [2.05, 4.69) is 19.1 Å². The van der Waals surface area contributed by atoms with Crippen LogP contribution in [0.4, 0.5) is 8.78 Å². The fraction of sp³-hybridized carbons (Fsp3) is 0.0870. The van der Waals surface area contributed by atoms with Gasteiger partial charge in [0.25, 0.3) is 0 Å². The molecule has 0 aliphatic rings. The van der Waals surface area contributed by atoms with Gasteiger partial charge in [0.15, 0.2) is 0 Å². The molecule has 0 aliphatic heterocycles. The van der Waals surface area contributed by atoms with E-state index in [9.17, 15) is 8.78 Å². The van der Waals surface area contributed by atoms with E-state index in [0.29, 0.717) is 11.1 Å². The lowest BCUT2D eigenvalue weighted by Crippen LogP contribution is -1.90. The third-order valence-corrected chi connectivity index (χ3v) is 4.80. The highest BCUT2D eigenvalue weighted by Crippen LogP contribution is 2.33. The molecule has 0 amide bonds. The van der Waals surface area contributed by atoms with Gasteiger partial charge < -0.3 is 0 Å². The lowest BCUT2D eigenvalue weighted by Gasteiger charge is -2.10. The van der Waals surface area contributed by atoms with Crippen LogP contribution in [-0.4, -0.2) is 0 Å². The van der Waals surface area contributed by atoms with Crippen molar-refractivity contribution in [2.45, 2.75) is 13.3 Å². The van der Waals surface area contributed by atoms with Crippen LogP contribution >= 0.6 is 0 Å². The highest BCUT2D eigenvalue weighted by atomic mass is 19.1. The molecule has 0 saturated heterocycles. The van der Waals surface area contributed by atoms with Crippen molar-refractivity contribution in [3.05, 3.63) is 83.4 Å². The number of hydrogen-bond acceptors (Lipinski definition) is 1. The molecule has 0 radical (unpaired) electrons. The van der Waals surface area contributed by atoms with E-state index in [1.807, 2.05) is 18.2 Å². The summed E-state index contributed by atoms with van der Waals surface area (Å²) < 4.78 is 28.7. The maximum Gasteiger partial charge on any atom is 0.141 e. The smallest absolute Gasteiger partial charge is 0.141 e. The molecular formula is C23H15F2N. The molecule has 0 fully saturated rings. The summed E-state index contributed by atoms with van der Waals surface area (Å²) in [6, 6.07) is 19.4. The summed E-state index contributed by atoms with van der Waals surface area (Å²) in [6.07, 6.45) is 0.950.